The zero-order chi connectivity index (χ0) is 19.4. The number of nitrogens with zero attached hydrogens (tertiary/aromatic N) is 1. The Labute approximate surface area is 157 Å². The molecule has 0 aliphatic heterocycles. The number of aryl methyl sites for hydroxylation is 1. The van der Waals surface area contributed by atoms with E-state index in [9.17, 15) is 8.42 Å². The van der Waals surface area contributed by atoms with Gasteiger partial charge < -0.3 is 18.4 Å². The lowest BCUT2D eigenvalue weighted by Crippen LogP contribution is -2.26. The van der Waals surface area contributed by atoms with E-state index < -0.39 is 10.0 Å². The summed E-state index contributed by atoms with van der Waals surface area (Å²) in [5.41, 5.74) is 0.918. The summed E-state index contributed by atoms with van der Waals surface area (Å²) in [4.78, 5) is 0.0706. The summed E-state index contributed by atoms with van der Waals surface area (Å²) in [5, 5.41) is 3.59. The second kappa shape index (κ2) is 7.85. The summed E-state index contributed by atoms with van der Waals surface area (Å²) in [7, 11) is -0.606. The van der Waals surface area contributed by atoms with Crippen LogP contribution in [0, 0.1) is 6.92 Å². The number of aromatic nitrogens is 1. The normalized spacial score (nSPS) is 11.5. The molecular weight excluding hydrogens is 372 g/mol. The maximum atomic E-state index is 12.6. The predicted molar refractivity (Wildman–Crippen MR) is 97.4 cm³/mol. The highest BCUT2D eigenvalue weighted by Crippen LogP contribution is 2.29. The first-order chi connectivity index (χ1) is 12.9. The SMILES string of the molecule is COc1ccc(CCNS(=O)(=O)c2cc(-c3ccno3)oc2C)cc1OC. The molecule has 1 aromatic carbocycles. The van der Waals surface area contributed by atoms with Crippen molar-refractivity contribution in [3.63, 3.8) is 0 Å². The monoisotopic (exact) mass is 392 g/mol. The molecule has 0 fully saturated rings. The molecule has 1 N–H and O–H groups in total. The predicted octanol–water partition coefficient (Wildman–Crippen LogP) is 2.78. The molecule has 9 heteroatoms. The van der Waals surface area contributed by atoms with Gasteiger partial charge in [-0.3, -0.25) is 0 Å². The first-order valence-electron chi connectivity index (χ1n) is 8.16. The average molecular weight is 392 g/mol. The summed E-state index contributed by atoms with van der Waals surface area (Å²) in [6.07, 6.45) is 1.95. The first kappa shape index (κ1) is 19.0. The Bertz CT molecular complexity index is 1010. The van der Waals surface area contributed by atoms with Crippen LogP contribution in [0.1, 0.15) is 11.3 Å². The molecule has 0 aliphatic rings. The molecule has 0 atom stereocenters. The third kappa shape index (κ3) is 4.15. The van der Waals surface area contributed by atoms with Gasteiger partial charge >= 0.3 is 0 Å². The molecule has 0 unspecified atom stereocenters. The number of furan rings is 1. The van der Waals surface area contributed by atoms with Gasteiger partial charge in [0.05, 0.1) is 20.4 Å². The minimum atomic E-state index is -3.72. The molecule has 0 saturated carbocycles. The van der Waals surface area contributed by atoms with Gasteiger partial charge in [0.2, 0.25) is 15.8 Å². The lowest BCUT2D eigenvalue weighted by molar-refractivity contribution is 0.354. The molecule has 0 spiro atoms. The number of hydrogen-bond donors (Lipinski definition) is 1. The highest BCUT2D eigenvalue weighted by atomic mass is 32.2. The van der Waals surface area contributed by atoms with Gasteiger partial charge in [-0.05, 0) is 31.0 Å². The van der Waals surface area contributed by atoms with Crippen molar-refractivity contribution in [3.8, 4) is 23.0 Å². The van der Waals surface area contributed by atoms with Gasteiger partial charge in [0, 0.05) is 18.7 Å². The molecule has 0 aliphatic carbocycles. The third-order valence-electron chi connectivity index (χ3n) is 4.00. The number of rotatable bonds is 8. The number of nitrogens with one attached hydrogen (secondary N) is 1. The maximum absolute atomic E-state index is 12.6. The lowest BCUT2D eigenvalue weighted by atomic mass is 10.1. The third-order valence-corrected chi connectivity index (χ3v) is 5.56. The standard InChI is InChI=1S/C18H20N2O6S/c1-12-18(11-17(25-12)15-7-8-19-26-15)27(21,22)20-9-6-13-4-5-14(23-2)16(10-13)24-3/h4-5,7-8,10-11,20H,6,9H2,1-3H3. The molecular formula is C18H20N2O6S. The number of ether oxygens (including phenoxy) is 2. The van der Waals surface area contributed by atoms with Crippen molar-refractivity contribution in [2.45, 2.75) is 18.2 Å². The maximum Gasteiger partial charge on any atom is 0.244 e. The number of benzene rings is 1. The summed E-state index contributed by atoms with van der Waals surface area (Å²) in [6.45, 7) is 1.81. The molecule has 0 bridgehead atoms. The molecule has 3 aromatic rings. The van der Waals surface area contributed by atoms with Crippen molar-refractivity contribution >= 4 is 10.0 Å². The number of methoxy groups -OCH3 is 2. The van der Waals surface area contributed by atoms with Crippen LogP contribution < -0.4 is 14.2 Å². The molecule has 8 nitrogen and oxygen atoms in total. The van der Waals surface area contributed by atoms with Crippen LogP contribution in [0.5, 0.6) is 11.5 Å². The van der Waals surface area contributed by atoms with E-state index in [1.807, 2.05) is 12.1 Å². The Morgan fingerprint density at radius 3 is 2.52 bits per heavy atom. The lowest BCUT2D eigenvalue weighted by Gasteiger charge is -2.10. The molecule has 2 aromatic heterocycles. The van der Waals surface area contributed by atoms with Crippen molar-refractivity contribution in [3.05, 3.63) is 47.9 Å². The molecule has 2 heterocycles. The Hall–Kier alpha value is -2.78. The zero-order valence-corrected chi connectivity index (χ0v) is 16.0. The van der Waals surface area contributed by atoms with E-state index in [0.717, 1.165) is 5.56 Å². The molecule has 0 radical (unpaired) electrons. The Kier molecular flexibility index (Phi) is 5.52. The quantitative estimate of drug-likeness (QED) is 0.628. The summed E-state index contributed by atoms with van der Waals surface area (Å²) in [6, 6.07) is 8.49. The van der Waals surface area contributed by atoms with Gasteiger partial charge in [0.1, 0.15) is 10.7 Å². The van der Waals surface area contributed by atoms with E-state index >= 15 is 0 Å². The number of sulfonamides is 1. The molecule has 27 heavy (non-hydrogen) atoms. The fourth-order valence-electron chi connectivity index (χ4n) is 2.64. The molecule has 0 amide bonds. The second-order valence-electron chi connectivity index (χ2n) is 5.74. The van der Waals surface area contributed by atoms with Crippen molar-refractivity contribution in [1.29, 1.82) is 0 Å². The van der Waals surface area contributed by atoms with Crippen molar-refractivity contribution in [2.24, 2.45) is 0 Å². The molecule has 3 rings (SSSR count). The van der Waals surface area contributed by atoms with E-state index in [1.54, 1.807) is 33.3 Å². The van der Waals surface area contributed by atoms with Crippen LogP contribution in [-0.4, -0.2) is 34.3 Å². The summed E-state index contributed by atoms with van der Waals surface area (Å²) < 4.78 is 48.7. The summed E-state index contributed by atoms with van der Waals surface area (Å²) >= 11 is 0. The van der Waals surface area contributed by atoms with Gasteiger partial charge in [-0.1, -0.05) is 11.2 Å². The highest BCUT2D eigenvalue weighted by molar-refractivity contribution is 7.89. The minimum absolute atomic E-state index is 0.0706. The van der Waals surface area contributed by atoms with Crippen LogP contribution in [0.3, 0.4) is 0 Å². The van der Waals surface area contributed by atoms with Gasteiger partial charge in [-0.2, -0.15) is 0 Å². The second-order valence-corrected chi connectivity index (χ2v) is 7.48. The van der Waals surface area contributed by atoms with Crippen molar-refractivity contribution in [2.75, 3.05) is 20.8 Å². The van der Waals surface area contributed by atoms with Gasteiger partial charge in [0.15, 0.2) is 17.3 Å². The van der Waals surface area contributed by atoms with E-state index in [1.165, 1.54) is 12.3 Å². The largest absolute Gasteiger partial charge is 0.493 e. The average Bonchev–Trinajstić information content (AvgIpc) is 3.31. The van der Waals surface area contributed by atoms with E-state index in [-0.39, 0.29) is 17.2 Å². The fraction of sp³-hybridized carbons (Fsp3) is 0.278. The topological polar surface area (TPSA) is 104 Å². The van der Waals surface area contributed by atoms with Crippen LogP contribution in [-0.2, 0) is 16.4 Å². The van der Waals surface area contributed by atoms with Crippen molar-refractivity contribution < 1.29 is 26.8 Å². The zero-order valence-electron chi connectivity index (χ0n) is 15.2. The number of hydrogen-bond acceptors (Lipinski definition) is 7. The Morgan fingerprint density at radius 1 is 1.07 bits per heavy atom. The Balaban J connectivity index is 1.69. The molecule has 144 valence electrons. The van der Waals surface area contributed by atoms with Crippen LogP contribution in [0.25, 0.3) is 11.5 Å². The minimum Gasteiger partial charge on any atom is -0.493 e. The van der Waals surface area contributed by atoms with Crippen LogP contribution >= 0.6 is 0 Å². The van der Waals surface area contributed by atoms with Gasteiger partial charge in [-0.25, -0.2) is 13.1 Å². The van der Waals surface area contributed by atoms with Crippen LogP contribution in [0.2, 0.25) is 0 Å². The first-order valence-corrected chi connectivity index (χ1v) is 9.65. The van der Waals surface area contributed by atoms with E-state index in [4.69, 9.17) is 18.4 Å². The summed E-state index contributed by atoms with van der Waals surface area (Å²) in [5.74, 6) is 2.17. The van der Waals surface area contributed by atoms with E-state index in [2.05, 4.69) is 9.88 Å². The van der Waals surface area contributed by atoms with Crippen LogP contribution in [0.4, 0.5) is 0 Å². The van der Waals surface area contributed by atoms with Crippen LogP contribution in [0.15, 0.2) is 50.4 Å². The fourth-order valence-corrected chi connectivity index (χ4v) is 3.85. The smallest absolute Gasteiger partial charge is 0.244 e. The van der Waals surface area contributed by atoms with Gasteiger partial charge in [0.25, 0.3) is 0 Å². The van der Waals surface area contributed by atoms with Gasteiger partial charge in [-0.15, -0.1) is 0 Å². The van der Waals surface area contributed by atoms with E-state index in [0.29, 0.717) is 29.4 Å². The van der Waals surface area contributed by atoms with Crippen molar-refractivity contribution in [1.82, 2.24) is 9.88 Å². The molecule has 0 saturated heterocycles. The highest BCUT2D eigenvalue weighted by Gasteiger charge is 2.22. The Morgan fingerprint density at radius 2 is 1.85 bits per heavy atom.